The predicted octanol–water partition coefficient (Wildman–Crippen LogP) is 1.11. The van der Waals surface area contributed by atoms with Crippen LogP contribution in [0.1, 0.15) is 24.2 Å². The Morgan fingerprint density at radius 2 is 2.00 bits per heavy atom. The molecule has 1 aromatic carbocycles. The van der Waals surface area contributed by atoms with E-state index in [-0.39, 0.29) is 12.5 Å². The molecule has 1 amide bonds. The molecule has 0 aliphatic heterocycles. The number of benzene rings is 1. The van der Waals surface area contributed by atoms with E-state index in [2.05, 4.69) is 10.1 Å². The van der Waals surface area contributed by atoms with Crippen LogP contribution in [0.15, 0.2) is 36.9 Å². The van der Waals surface area contributed by atoms with Crippen LogP contribution >= 0.6 is 0 Å². The number of aromatic nitrogens is 3. The first-order chi connectivity index (χ1) is 9.37. The Morgan fingerprint density at radius 1 is 1.35 bits per heavy atom. The molecule has 0 aliphatic rings. The molecule has 20 heavy (non-hydrogen) atoms. The molecule has 6 nitrogen and oxygen atoms in total. The Bertz CT molecular complexity index is 570. The van der Waals surface area contributed by atoms with E-state index in [9.17, 15) is 9.90 Å². The number of nitrogens with zero attached hydrogens (tertiary/aromatic N) is 4. The zero-order valence-electron chi connectivity index (χ0n) is 11.8. The van der Waals surface area contributed by atoms with Gasteiger partial charge in [-0.05, 0) is 38.1 Å². The fourth-order valence-electron chi connectivity index (χ4n) is 1.97. The fourth-order valence-corrected chi connectivity index (χ4v) is 1.97. The summed E-state index contributed by atoms with van der Waals surface area (Å²) in [6.45, 7) is 3.62. The standard InChI is InChI=1S/C14H18N4O2/c1-14(2,20)8-17(3)13(19)11-4-6-12(7-5-11)18-10-15-9-16-18/h4-7,9-10,20H,8H2,1-3H3. The van der Waals surface area contributed by atoms with Gasteiger partial charge in [-0.25, -0.2) is 9.67 Å². The summed E-state index contributed by atoms with van der Waals surface area (Å²) < 4.78 is 1.62. The van der Waals surface area contributed by atoms with Crippen LogP contribution in [-0.2, 0) is 0 Å². The van der Waals surface area contributed by atoms with Crippen molar-refractivity contribution in [3.8, 4) is 5.69 Å². The normalized spacial score (nSPS) is 11.4. The van der Waals surface area contributed by atoms with Crippen LogP contribution < -0.4 is 0 Å². The van der Waals surface area contributed by atoms with Gasteiger partial charge in [-0.15, -0.1) is 0 Å². The first-order valence-corrected chi connectivity index (χ1v) is 6.30. The number of likely N-dealkylation sites (N-methyl/N-ethyl adjacent to an activating group) is 1. The van der Waals surface area contributed by atoms with Crippen LogP contribution in [0.3, 0.4) is 0 Å². The van der Waals surface area contributed by atoms with E-state index in [0.29, 0.717) is 5.56 Å². The topological polar surface area (TPSA) is 71.2 Å². The highest BCUT2D eigenvalue weighted by molar-refractivity contribution is 5.94. The highest BCUT2D eigenvalue weighted by Gasteiger charge is 2.20. The summed E-state index contributed by atoms with van der Waals surface area (Å²) in [4.78, 5) is 17.6. The molecule has 0 aliphatic carbocycles. The van der Waals surface area contributed by atoms with Gasteiger partial charge in [-0.1, -0.05) is 0 Å². The molecule has 0 spiro atoms. The summed E-state index contributed by atoms with van der Waals surface area (Å²) in [5.41, 5.74) is 0.496. The minimum absolute atomic E-state index is 0.128. The van der Waals surface area contributed by atoms with E-state index in [1.807, 2.05) is 0 Å². The molecule has 0 unspecified atom stereocenters. The Kier molecular flexibility index (Phi) is 3.85. The van der Waals surface area contributed by atoms with Gasteiger partial charge in [0.2, 0.25) is 0 Å². The molecule has 0 bridgehead atoms. The minimum Gasteiger partial charge on any atom is -0.389 e. The second-order valence-electron chi connectivity index (χ2n) is 5.36. The summed E-state index contributed by atoms with van der Waals surface area (Å²) in [5.74, 6) is -0.128. The average Bonchev–Trinajstić information content (AvgIpc) is 2.90. The van der Waals surface area contributed by atoms with Crippen molar-refractivity contribution < 1.29 is 9.90 Å². The summed E-state index contributed by atoms with van der Waals surface area (Å²) in [7, 11) is 1.67. The van der Waals surface area contributed by atoms with Gasteiger partial charge in [0.15, 0.2) is 0 Å². The third kappa shape index (κ3) is 3.42. The van der Waals surface area contributed by atoms with Crippen molar-refractivity contribution in [1.29, 1.82) is 0 Å². The van der Waals surface area contributed by atoms with Crippen molar-refractivity contribution >= 4 is 5.91 Å². The molecule has 106 valence electrons. The Morgan fingerprint density at radius 3 is 2.50 bits per heavy atom. The van der Waals surface area contributed by atoms with E-state index >= 15 is 0 Å². The van der Waals surface area contributed by atoms with Gasteiger partial charge in [-0.2, -0.15) is 5.10 Å². The second-order valence-corrected chi connectivity index (χ2v) is 5.36. The van der Waals surface area contributed by atoms with Crippen LogP contribution in [0.4, 0.5) is 0 Å². The second kappa shape index (κ2) is 5.42. The lowest BCUT2D eigenvalue weighted by atomic mass is 10.1. The van der Waals surface area contributed by atoms with Gasteiger partial charge >= 0.3 is 0 Å². The Labute approximate surface area is 117 Å². The zero-order chi connectivity index (χ0) is 14.8. The number of rotatable bonds is 4. The first-order valence-electron chi connectivity index (χ1n) is 6.30. The molecule has 2 aromatic rings. The van der Waals surface area contributed by atoms with Gasteiger partial charge in [0.1, 0.15) is 12.7 Å². The largest absolute Gasteiger partial charge is 0.389 e. The molecule has 0 saturated carbocycles. The highest BCUT2D eigenvalue weighted by Crippen LogP contribution is 2.11. The average molecular weight is 274 g/mol. The van der Waals surface area contributed by atoms with E-state index in [4.69, 9.17) is 0 Å². The van der Waals surface area contributed by atoms with Crippen LogP contribution in [0.25, 0.3) is 5.69 Å². The maximum Gasteiger partial charge on any atom is 0.253 e. The van der Waals surface area contributed by atoms with Crippen molar-refractivity contribution in [2.75, 3.05) is 13.6 Å². The number of amides is 1. The highest BCUT2D eigenvalue weighted by atomic mass is 16.3. The third-order valence-corrected chi connectivity index (χ3v) is 2.77. The lowest BCUT2D eigenvalue weighted by Crippen LogP contribution is -2.39. The summed E-state index contributed by atoms with van der Waals surface area (Å²) >= 11 is 0. The molecule has 1 N–H and O–H groups in total. The van der Waals surface area contributed by atoms with Crippen LogP contribution in [0, 0.1) is 0 Å². The van der Waals surface area contributed by atoms with E-state index in [1.165, 1.54) is 11.2 Å². The van der Waals surface area contributed by atoms with Gasteiger partial charge < -0.3 is 10.0 Å². The summed E-state index contributed by atoms with van der Waals surface area (Å²) in [6, 6.07) is 7.08. The van der Waals surface area contributed by atoms with Crippen molar-refractivity contribution in [2.45, 2.75) is 19.4 Å². The summed E-state index contributed by atoms with van der Waals surface area (Å²) in [6.07, 6.45) is 3.05. The maximum absolute atomic E-state index is 12.2. The molecule has 1 heterocycles. The van der Waals surface area contributed by atoms with E-state index in [1.54, 1.807) is 56.2 Å². The smallest absolute Gasteiger partial charge is 0.253 e. The van der Waals surface area contributed by atoms with Gasteiger partial charge in [0, 0.05) is 19.2 Å². The molecule has 0 fully saturated rings. The third-order valence-electron chi connectivity index (χ3n) is 2.77. The maximum atomic E-state index is 12.2. The molecule has 0 radical (unpaired) electrons. The number of hydrogen-bond acceptors (Lipinski definition) is 4. The quantitative estimate of drug-likeness (QED) is 0.906. The number of carbonyl (C=O) groups excluding carboxylic acids is 1. The lowest BCUT2D eigenvalue weighted by molar-refractivity contribution is 0.0368. The molecule has 0 saturated heterocycles. The summed E-state index contributed by atoms with van der Waals surface area (Å²) in [5, 5.41) is 13.8. The Hall–Kier alpha value is -2.21. The lowest BCUT2D eigenvalue weighted by Gasteiger charge is -2.25. The minimum atomic E-state index is -0.912. The van der Waals surface area contributed by atoms with Crippen molar-refractivity contribution in [3.05, 3.63) is 42.5 Å². The van der Waals surface area contributed by atoms with Crippen LogP contribution in [-0.4, -0.2) is 49.9 Å². The molecule has 0 atom stereocenters. The van der Waals surface area contributed by atoms with Crippen molar-refractivity contribution in [1.82, 2.24) is 19.7 Å². The fraction of sp³-hybridized carbons (Fsp3) is 0.357. The number of hydrogen-bond donors (Lipinski definition) is 1. The molecule has 1 aromatic heterocycles. The van der Waals surface area contributed by atoms with Crippen LogP contribution in [0.2, 0.25) is 0 Å². The van der Waals surface area contributed by atoms with Crippen molar-refractivity contribution in [2.24, 2.45) is 0 Å². The van der Waals surface area contributed by atoms with Gasteiger partial charge in [-0.3, -0.25) is 4.79 Å². The SMILES string of the molecule is CN(CC(C)(C)O)C(=O)c1ccc(-n2cncn2)cc1. The molecular weight excluding hydrogens is 256 g/mol. The molecule has 2 rings (SSSR count). The van der Waals surface area contributed by atoms with E-state index in [0.717, 1.165) is 5.69 Å². The first kappa shape index (κ1) is 14.2. The van der Waals surface area contributed by atoms with Crippen LogP contribution in [0.5, 0.6) is 0 Å². The molecular formula is C14H18N4O2. The monoisotopic (exact) mass is 274 g/mol. The number of carbonyl (C=O) groups is 1. The van der Waals surface area contributed by atoms with Crippen molar-refractivity contribution in [3.63, 3.8) is 0 Å². The predicted molar refractivity (Wildman–Crippen MR) is 74.6 cm³/mol. The van der Waals surface area contributed by atoms with Gasteiger partial charge in [0.05, 0.1) is 11.3 Å². The van der Waals surface area contributed by atoms with E-state index < -0.39 is 5.60 Å². The Balaban J connectivity index is 2.12. The van der Waals surface area contributed by atoms with Gasteiger partial charge in [0.25, 0.3) is 5.91 Å². The number of aliphatic hydroxyl groups is 1. The zero-order valence-corrected chi connectivity index (χ0v) is 11.8. The molecule has 6 heteroatoms.